The van der Waals surface area contributed by atoms with Gasteiger partial charge in [-0.05, 0) is 55.5 Å². The average Bonchev–Trinajstić information content (AvgIpc) is 3.07. The van der Waals surface area contributed by atoms with Gasteiger partial charge in [0.1, 0.15) is 5.69 Å². The number of aromatic carboxylic acids is 1. The number of benzene rings is 3. The number of aryl methyl sites for hydroxylation is 2. The minimum absolute atomic E-state index is 0.0610. The van der Waals surface area contributed by atoms with E-state index in [0.29, 0.717) is 5.69 Å². The summed E-state index contributed by atoms with van der Waals surface area (Å²) in [4.78, 5) is 18.1. The maximum atomic E-state index is 11.6. The molecule has 0 atom stereocenters. The summed E-state index contributed by atoms with van der Waals surface area (Å²) in [6.45, 7) is 1.86. The van der Waals surface area contributed by atoms with Crippen molar-refractivity contribution >= 4 is 44.8 Å². The summed E-state index contributed by atoms with van der Waals surface area (Å²) >= 11 is 0. The Hall–Kier alpha value is -4.12. The van der Waals surface area contributed by atoms with Crippen LogP contribution in [0.4, 0.5) is 17.1 Å². The molecule has 5 nitrogen and oxygen atoms in total. The highest BCUT2D eigenvalue weighted by atomic mass is 16.4. The van der Waals surface area contributed by atoms with Gasteiger partial charge in [0, 0.05) is 40.4 Å². The second-order valence-electron chi connectivity index (χ2n) is 7.56. The van der Waals surface area contributed by atoms with Crippen molar-refractivity contribution in [3.63, 3.8) is 0 Å². The standard InChI is InChI=1S/C26H21N3O2/c1-17-25-22(16-23(27-17)26(30)31)21-15-20(13-14-24(21)28(25)2)29(18-9-5-3-6-10-18)19-11-7-4-8-12-19/h3-16H,1-2H3,(H,30,31). The van der Waals surface area contributed by atoms with Crippen LogP contribution in [0.25, 0.3) is 21.8 Å². The van der Waals surface area contributed by atoms with E-state index in [0.717, 1.165) is 38.9 Å². The summed E-state index contributed by atoms with van der Waals surface area (Å²) in [7, 11) is 1.99. The third-order valence-electron chi connectivity index (χ3n) is 5.64. The molecule has 5 rings (SSSR count). The summed E-state index contributed by atoms with van der Waals surface area (Å²) in [5.74, 6) is -1.02. The molecule has 0 fully saturated rings. The van der Waals surface area contributed by atoms with Gasteiger partial charge in [-0.2, -0.15) is 0 Å². The zero-order valence-corrected chi connectivity index (χ0v) is 17.3. The van der Waals surface area contributed by atoms with Gasteiger partial charge in [-0.3, -0.25) is 0 Å². The van der Waals surface area contributed by atoms with Crippen LogP contribution in [0.5, 0.6) is 0 Å². The number of carboxylic acids is 1. The molecular formula is C26H21N3O2. The van der Waals surface area contributed by atoms with Crippen molar-refractivity contribution in [1.29, 1.82) is 0 Å². The third kappa shape index (κ3) is 3.11. The minimum Gasteiger partial charge on any atom is -0.477 e. The van der Waals surface area contributed by atoms with E-state index >= 15 is 0 Å². The molecule has 0 saturated carbocycles. The largest absolute Gasteiger partial charge is 0.477 e. The Labute approximate surface area is 179 Å². The van der Waals surface area contributed by atoms with E-state index in [1.807, 2.05) is 50.4 Å². The van der Waals surface area contributed by atoms with Crippen LogP contribution < -0.4 is 4.90 Å². The van der Waals surface area contributed by atoms with Crippen molar-refractivity contribution in [2.75, 3.05) is 4.90 Å². The molecule has 0 aliphatic carbocycles. The first-order valence-electron chi connectivity index (χ1n) is 10.1. The van der Waals surface area contributed by atoms with Crippen LogP contribution in [0, 0.1) is 6.92 Å². The molecule has 0 saturated heterocycles. The fourth-order valence-electron chi connectivity index (χ4n) is 4.30. The molecule has 0 amide bonds. The number of hydrogen-bond acceptors (Lipinski definition) is 3. The highest BCUT2D eigenvalue weighted by molar-refractivity contribution is 6.11. The van der Waals surface area contributed by atoms with Crippen LogP contribution in [-0.2, 0) is 7.05 Å². The molecule has 0 aliphatic rings. The summed E-state index contributed by atoms with van der Waals surface area (Å²) < 4.78 is 2.08. The quantitative estimate of drug-likeness (QED) is 0.385. The molecule has 5 aromatic rings. The normalized spacial score (nSPS) is 11.2. The van der Waals surface area contributed by atoms with E-state index in [2.05, 4.69) is 56.9 Å². The molecule has 31 heavy (non-hydrogen) atoms. The summed E-state index contributed by atoms with van der Waals surface area (Å²) in [5.41, 5.74) is 5.86. The molecule has 3 aromatic carbocycles. The molecule has 5 heteroatoms. The SMILES string of the molecule is Cc1nc(C(=O)O)cc2c3cc(N(c4ccccc4)c4ccccc4)ccc3n(C)c12. The van der Waals surface area contributed by atoms with Crippen LogP contribution in [-0.4, -0.2) is 20.6 Å². The Morgan fingerprint density at radius 1 is 0.839 bits per heavy atom. The summed E-state index contributed by atoms with van der Waals surface area (Å²) in [6, 6.07) is 28.4. The van der Waals surface area contributed by atoms with Crippen LogP contribution in [0.15, 0.2) is 84.9 Å². The van der Waals surface area contributed by atoms with E-state index < -0.39 is 5.97 Å². The van der Waals surface area contributed by atoms with Crippen molar-refractivity contribution < 1.29 is 9.90 Å². The number of anilines is 3. The Balaban J connectivity index is 1.80. The molecule has 0 unspecified atom stereocenters. The van der Waals surface area contributed by atoms with E-state index in [4.69, 9.17) is 0 Å². The highest BCUT2D eigenvalue weighted by Gasteiger charge is 2.18. The molecule has 1 N–H and O–H groups in total. The van der Waals surface area contributed by atoms with Gasteiger partial charge in [-0.1, -0.05) is 36.4 Å². The average molecular weight is 407 g/mol. The molecule has 2 heterocycles. The van der Waals surface area contributed by atoms with Crippen molar-refractivity contribution in [3.8, 4) is 0 Å². The Bertz CT molecular complexity index is 1380. The predicted octanol–water partition coefficient (Wildman–Crippen LogP) is 6.20. The molecule has 2 aromatic heterocycles. The fourth-order valence-corrected chi connectivity index (χ4v) is 4.30. The lowest BCUT2D eigenvalue weighted by molar-refractivity contribution is 0.0690. The lowest BCUT2D eigenvalue weighted by Crippen LogP contribution is -2.09. The van der Waals surface area contributed by atoms with Gasteiger partial charge in [-0.25, -0.2) is 9.78 Å². The number of carboxylic acid groups (broad SMARTS) is 1. The van der Waals surface area contributed by atoms with Gasteiger partial charge < -0.3 is 14.6 Å². The van der Waals surface area contributed by atoms with E-state index in [-0.39, 0.29) is 5.69 Å². The Morgan fingerprint density at radius 3 is 2.03 bits per heavy atom. The molecule has 0 spiro atoms. The first-order valence-corrected chi connectivity index (χ1v) is 10.1. The number of nitrogens with zero attached hydrogens (tertiary/aromatic N) is 3. The smallest absolute Gasteiger partial charge is 0.354 e. The van der Waals surface area contributed by atoms with Crippen molar-refractivity contribution in [3.05, 3.63) is 96.3 Å². The summed E-state index contributed by atoms with van der Waals surface area (Å²) in [5, 5.41) is 11.4. The number of hydrogen-bond donors (Lipinski definition) is 1. The fraction of sp³-hybridized carbons (Fsp3) is 0.0769. The van der Waals surface area contributed by atoms with Gasteiger partial charge in [-0.15, -0.1) is 0 Å². The molecular weight excluding hydrogens is 386 g/mol. The van der Waals surface area contributed by atoms with Gasteiger partial charge in [0.05, 0.1) is 11.2 Å². The Kier molecular flexibility index (Phi) is 4.44. The first kappa shape index (κ1) is 18.9. The van der Waals surface area contributed by atoms with Gasteiger partial charge in [0.2, 0.25) is 0 Å². The second kappa shape index (κ2) is 7.29. The van der Waals surface area contributed by atoms with E-state index in [1.54, 1.807) is 6.07 Å². The van der Waals surface area contributed by atoms with Crippen LogP contribution in [0.2, 0.25) is 0 Å². The highest BCUT2D eigenvalue weighted by Crippen LogP contribution is 2.38. The first-order chi connectivity index (χ1) is 15.0. The topological polar surface area (TPSA) is 58.4 Å². The van der Waals surface area contributed by atoms with Crippen LogP contribution >= 0.6 is 0 Å². The zero-order chi connectivity index (χ0) is 21.5. The lowest BCUT2D eigenvalue weighted by atomic mass is 10.1. The maximum Gasteiger partial charge on any atom is 0.354 e. The van der Waals surface area contributed by atoms with Crippen molar-refractivity contribution in [2.45, 2.75) is 6.92 Å². The number of para-hydroxylation sites is 2. The van der Waals surface area contributed by atoms with E-state index in [9.17, 15) is 9.90 Å². The molecule has 152 valence electrons. The minimum atomic E-state index is -1.02. The third-order valence-corrected chi connectivity index (χ3v) is 5.64. The Morgan fingerprint density at radius 2 is 1.45 bits per heavy atom. The maximum absolute atomic E-state index is 11.6. The van der Waals surface area contributed by atoms with Crippen molar-refractivity contribution in [1.82, 2.24) is 9.55 Å². The van der Waals surface area contributed by atoms with Crippen LogP contribution in [0.3, 0.4) is 0 Å². The van der Waals surface area contributed by atoms with Crippen molar-refractivity contribution in [2.24, 2.45) is 7.05 Å². The number of aromatic nitrogens is 2. The second-order valence-corrected chi connectivity index (χ2v) is 7.56. The van der Waals surface area contributed by atoms with E-state index in [1.165, 1.54) is 0 Å². The molecule has 0 aliphatic heterocycles. The van der Waals surface area contributed by atoms with Gasteiger partial charge in [0.15, 0.2) is 0 Å². The number of rotatable bonds is 4. The predicted molar refractivity (Wildman–Crippen MR) is 125 cm³/mol. The monoisotopic (exact) mass is 407 g/mol. The molecule has 0 radical (unpaired) electrons. The zero-order valence-electron chi connectivity index (χ0n) is 17.3. The summed E-state index contributed by atoms with van der Waals surface area (Å²) in [6.07, 6.45) is 0. The number of pyridine rings is 1. The number of fused-ring (bicyclic) bond motifs is 3. The van der Waals surface area contributed by atoms with Gasteiger partial charge >= 0.3 is 5.97 Å². The lowest BCUT2D eigenvalue weighted by Gasteiger charge is -2.25. The van der Waals surface area contributed by atoms with Gasteiger partial charge in [0.25, 0.3) is 0 Å². The number of carbonyl (C=O) groups is 1. The molecule has 0 bridgehead atoms. The van der Waals surface area contributed by atoms with Crippen LogP contribution in [0.1, 0.15) is 16.2 Å².